The molecule has 2 heterocycles. The van der Waals surface area contributed by atoms with E-state index in [2.05, 4.69) is 16.8 Å². The Kier molecular flexibility index (Phi) is 8.41. The third-order valence-corrected chi connectivity index (χ3v) is 9.30. The van der Waals surface area contributed by atoms with Gasteiger partial charge in [-0.05, 0) is 43.2 Å². The Labute approximate surface area is 211 Å². The van der Waals surface area contributed by atoms with E-state index in [0.717, 1.165) is 28.5 Å². The highest BCUT2D eigenvalue weighted by Gasteiger charge is 2.39. The first kappa shape index (κ1) is 25.6. The van der Waals surface area contributed by atoms with E-state index in [1.54, 1.807) is 24.9 Å². The zero-order valence-corrected chi connectivity index (χ0v) is 21.5. The maximum Gasteiger partial charge on any atom is 0.237 e. The number of likely N-dealkylation sites (tertiary alicyclic amines) is 1. The molecular formula is C26H32N2O5S2. The van der Waals surface area contributed by atoms with Crippen molar-refractivity contribution in [2.24, 2.45) is 0 Å². The SMILES string of the molecule is C=CCOc1ccccc1CN1C[C@H](Sc2ccc(OC)cc2)C[C@H]1C(=O)N[C@@H]1CCS(=O)(=O)C1. The summed E-state index contributed by atoms with van der Waals surface area (Å²) in [6.45, 7) is 5.42. The van der Waals surface area contributed by atoms with Crippen molar-refractivity contribution in [3.05, 3.63) is 66.7 Å². The summed E-state index contributed by atoms with van der Waals surface area (Å²) in [5.41, 5.74) is 1.01. The first-order chi connectivity index (χ1) is 16.9. The van der Waals surface area contributed by atoms with Gasteiger partial charge in [0.15, 0.2) is 9.84 Å². The Balaban J connectivity index is 1.50. The number of rotatable bonds is 10. The van der Waals surface area contributed by atoms with Gasteiger partial charge >= 0.3 is 0 Å². The number of hydrogen-bond donors (Lipinski definition) is 1. The number of nitrogens with one attached hydrogen (secondary N) is 1. The van der Waals surface area contributed by atoms with Gasteiger partial charge in [0.05, 0.1) is 24.7 Å². The number of sulfone groups is 1. The summed E-state index contributed by atoms with van der Waals surface area (Å²) in [6, 6.07) is 15.1. The van der Waals surface area contributed by atoms with Crippen LogP contribution in [-0.2, 0) is 21.2 Å². The van der Waals surface area contributed by atoms with Crippen molar-refractivity contribution in [1.82, 2.24) is 10.2 Å². The number of carbonyl (C=O) groups excluding carboxylic acids is 1. The lowest BCUT2D eigenvalue weighted by Gasteiger charge is -2.25. The molecule has 2 aromatic rings. The molecule has 9 heteroatoms. The summed E-state index contributed by atoms with van der Waals surface area (Å²) in [5, 5.41) is 3.23. The molecule has 1 N–H and O–H groups in total. The fraction of sp³-hybridized carbons (Fsp3) is 0.423. The van der Waals surface area contributed by atoms with Crippen LogP contribution < -0.4 is 14.8 Å². The van der Waals surface area contributed by atoms with Crippen LogP contribution in [0.4, 0.5) is 0 Å². The monoisotopic (exact) mass is 516 g/mol. The molecule has 2 aliphatic heterocycles. The lowest BCUT2D eigenvalue weighted by Crippen LogP contribution is -2.47. The van der Waals surface area contributed by atoms with Gasteiger partial charge in [0.1, 0.15) is 18.1 Å². The third-order valence-electron chi connectivity index (χ3n) is 6.31. The Morgan fingerprint density at radius 3 is 2.69 bits per heavy atom. The summed E-state index contributed by atoms with van der Waals surface area (Å²) >= 11 is 1.75. The van der Waals surface area contributed by atoms with Gasteiger partial charge in [0.25, 0.3) is 0 Å². The van der Waals surface area contributed by atoms with Crippen molar-refractivity contribution < 1.29 is 22.7 Å². The van der Waals surface area contributed by atoms with Gasteiger partial charge in [-0.2, -0.15) is 0 Å². The molecule has 2 fully saturated rings. The highest BCUT2D eigenvalue weighted by molar-refractivity contribution is 8.00. The number of ether oxygens (including phenoxy) is 2. The van der Waals surface area contributed by atoms with Crippen molar-refractivity contribution in [2.45, 2.75) is 41.6 Å². The van der Waals surface area contributed by atoms with Gasteiger partial charge in [0, 0.05) is 34.8 Å². The van der Waals surface area contributed by atoms with Crippen LogP contribution in [0, 0.1) is 0 Å². The first-order valence-electron chi connectivity index (χ1n) is 11.7. The molecule has 0 aliphatic carbocycles. The van der Waals surface area contributed by atoms with E-state index in [9.17, 15) is 13.2 Å². The highest BCUT2D eigenvalue weighted by atomic mass is 32.2. The zero-order valence-electron chi connectivity index (χ0n) is 19.9. The average molecular weight is 517 g/mol. The fourth-order valence-corrected chi connectivity index (χ4v) is 7.49. The topological polar surface area (TPSA) is 84.9 Å². The molecule has 4 rings (SSSR count). The molecule has 2 aliphatic rings. The highest BCUT2D eigenvalue weighted by Crippen LogP contribution is 2.35. The van der Waals surface area contributed by atoms with Crippen LogP contribution in [0.25, 0.3) is 0 Å². The summed E-state index contributed by atoms with van der Waals surface area (Å²) in [6.07, 6.45) is 2.86. The number of hydrogen-bond acceptors (Lipinski definition) is 7. The predicted octanol–water partition coefficient (Wildman–Crippen LogP) is 3.30. The Bertz CT molecular complexity index is 1140. The number of thioether (sulfide) groups is 1. The molecule has 0 saturated carbocycles. The van der Waals surface area contributed by atoms with Gasteiger partial charge in [0.2, 0.25) is 5.91 Å². The lowest BCUT2D eigenvalue weighted by atomic mass is 10.1. The molecule has 0 bridgehead atoms. The number of nitrogens with zero attached hydrogens (tertiary/aromatic N) is 1. The molecule has 3 atom stereocenters. The van der Waals surface area contributed by atoms with Crippen molar-refractivity contribution in [1.29, 1.82) is 0 Å². The van der Waals surface area contributed by atoms with Crippen LogP contribution in [0.1, 0.15) is 18.4 Å². The quantitative estimate of drug-likeness (QED) is 0.485. The number of benzene rings is 2. The summed E-state index contributed by atoms with van der Waals surface area (Å²) in [5.74, 6) is 1.64. The van der Waals surface area contributed by atoms with E-state index in [-0.39, 0.29) is 34.7 Å². The Morgan fingerprint density at radius 2 is 2.00 bits per heavy atom. The largest absolute Gasteiger partial charge is 0.497 e. The predicted molar refractivity (Wildman–Crippen MR) is 139 cm³/mol. The van der Waals surface area contributed by atoms with Crippen molar-refractivity contribution in [2.75, 3.05) is 31.8 Å². The minimum atomic E-state index is -3.07. The molecule has 0 unspecified atom stereocenters. The number of para-hydroxylation sites is 1. The second-order valence-electron chi connectivity index (χ2n) is 8.91. The first-order valence-corrected chi connectivity index (χ1v) is 14.4. The molecule has 188 valence electrons. The minimum absolute atomic E-state index is 0.0215. The third kappa shape index (κ3) is 6.80. The molecule has 2 aromatic carbocycles. The number of methoxy groups -OCH3 is 1. The molecule has 0 aromatic heterocycles. The average Bonchev–Trinajstić information content (AvgIpc) is 3.40. The molecule has 2 saturated heterocycles. The van der Waals surface area contributed by atoms with Crippen molar-refractivity contribution in [3.63, 3.8) is 0 Å². The minimum Gasteiger partial charge on any atom is -0.497 e. The second kappa shape index (κ2) is 11.5. The normalized spacial score (nSPS) is 23.6. The fourth-order valence-electron chi connectivity index (χ4n) is 4.59. The van der Waals surface area contributed by atoms with Crippen LogP contribution in [0.5, 0.6) is 11.5 Å². The van der Waals surface area contributed by atoms with E-state index in [0.29, 0.717) is 26.0 Å². The molecule has 0 spiro atoms. The molecule has 35 heavy (non-hydrogen) atoms. The van der Waals surface area contributed by atoms with E-state index < -0.39 is 9.84 Å². The van der Waals surface area contributed by atoms with Gasteiger partial charge in [-0.15, -0.1) is 11.8 Å². The summed E-state index contributed by atoms with van der Waals surface area (Å²) in [7, 11) is -1.42. The maximum atomic E-state index is 13.3. The molecular weight excluding hydrogens is 484 g/mol. The van der Waals surface area contributed by atoms with Crippen LogP contribution >= 0.6 is 11.8 Å². The van der Waals surface area contributed by atoms with Crippen LogP contribution in [0.2, 0.25) is 0 Å². The van der Waals surface area contributed by atoms with Crippen LogP contribution in [-0.4, -0.2) is 68.3 Å². The van der Waals surface area contributed by atoms with E-state index >= 15 is 0 Å². The van der Waals surface area contributed by atoms with Crippen molar-refractivity contribution >= 4 is 27.5 Å². The zero-order chi connectivity index (χ0) is 24.8. The standard InChI is InChI=1S/C26H32N2O5S2/c1-3-13-33-25-7-5-4-6-19(25)16-28-17-23(34-22-10-8-21(32-2)9-11-22)15-24(28)26(29)27-20-12-14-35(30,31)18-20/h3-11,20,23-24H,1,12-18H2,2H3,(H,27,29)/t20-,23-,24+/m1/s1. The second-order valence-corrected chi connectivity index (χ2v) is 12.5. The maximum absolute atomic E-state index is 13.3. The van der Waals surface area contributed by atoms with E-state index in [4.69, 9.17) is 9.47 Å². The van der Waals surface area contributed by atoms with E-state index in [1.165, 1.54) is 0 Å². The molecule has 1 amide bonds. The Hall–Kier alpha value is -2.49. The van der Waals surface area contributed by atoms with Gasteiger partial charge in [-0.1, -0.05) is 30.9 Å². The van der Waals surface area contributed by atoms with Gasteiger partial charge in [-0.25, -0.2) is 8.42 Å². The smallest absolute Gasteiger partial charge is 0.237 e. The van der Waals surface area contributed by atoms with Crippen molar-refractivity contribution in [3.8, 4) is 11.5 Å². The van der Waals surface area contributed by atoms with Crippen LogP contribution in [0.15, 0.2) is 66.1 Å². The van der Waals surface area contributed by atoms with E-state index in [1.807, 2.05) is 48.5 Å². The van der Waals surface area contributed by atoms with Crippen LogP contribution in [0.3, 0.4) is 0 Å². The lowest BCUT2D eigenvalue weighted by molar-refractivity contribution is -0.126. The number of amides is 1. The Morgan fingerprint density at radius 1 is 1.23 bits per heavy atom. The van der Waals surface area contributed by atoms with Gasteiger partial charge in [-0.3, -0.25) is 9.69 Å². The molecule has 0 radical (unpaired) electrons. The summed E-state index contributed by atoms with van der Waals surface area (Å²) in [4.78, 5) is 16.6. The number of carbonyl (C=O) groups is 1. The van der Waals surface area contributed by atoms with Gasteiger partial charge < -0.3 is 14.8 Å². The molecule has 7 nitrogen and oxygen atoms in total. The summed E-state index contributed by atoms with van der Waals surface area (Å²) < 4.78 is 34.9.